The van der Waals surface area contributed by atoms with E-state index in [2.05, 4.69) is 0 Å². The fourth-order valence-electron chi connectivity index (χ4n) is 0. The largest absolute Gasteiger partial charge is 0.331 e. The Labute approximate surface area is 39.5 Å². The molecule has 38 valence electrons. The minimum Gasteiger partial charge on any atom is -0.331 e. The Bertz CT molecular complexity index is 15.1. The highest BCUT2D eigenvalue weighted by atomic mass is 14.5. The molecule has 0 unspecified atom stereocenters. The summed E-state index contributed by atoms with van der Waals surface area (Å²) in [4.78, 5) is 0. The first kappa shape index (κ1) is 5.96. The first-order chi connectivity index (χ1) is 2.91. The van der Waals surface area contributed by atoms with Crippen molar-refractivity contribution in [3.8, 4) is 0 Å². The van der Waals surface area contributed by atoms with Gasteiger partial charge in [0.05, 0.1) is 0 Å². The van der Waals surface area contributed by atoms with Gasteiger partial charge in [-0.05, 0) is 6.54 Å². The highest BCUT2D eigenvalue weighted by Gasteiger charge is 1.95. The van der Waals surface area contributed by atoms with Crippen LogP contribution in [0.3, 0.4) is 0 Å². The van der Waals surface area contributed by atoms with Crippen LogP contribution in [0.25, 0.3) is 0 Å². The van der Waals surface area contributed by atoms with E-state index in [9.17, 15) is 0 Å². The molecule has 0 aromatic carbocycles. The van der Waals surface area contributed by atoms with Gasteiger partial charge in [-0.2, -0.15) is 0 Å². The fourth-order valence-corrected chi connectivity index (χ4v) is 0. The molecule has 1 fully saturated rings. The number of nitrogens with two attached hydrogens (primary N) is 1. The van der Waals surface area contributed by atoms with Crippen LogP contribution in [0, 0.1) is 0 Å². The van der Waals surface area contributed by atoms with Gasteiger partial charge in [-0.3, -0.25) is 0 Å². The lowest BCUT2D eigenvalue weighted by Gasteiger charge is -1.53. The van der Waals surface area contributed by atoms with E-state index >= 15 is 0 Å². The average molecular weight is 87.2 g/mol. The van der Waals surface area contributed by atoms with Crippen molar-refractivity contribution in [3.05, 3.63) is 0 Å². The fraction of sp³-hybridized carbons (Fsp3) is 1.00. The Morgan fingerprint density at radius 1 is 1.33 bits per heavy atom. The van der Waals surface area contributed by atoms with Crippen LogP contribution < -0.4 is 5.73 Å². The highest BCUT2D eigenvalue weighted by Crippen LogP contribution is 2.14. The summed E-state index contributed by atoms with van der Waals surface area (Å²) in [5.74, 6) is 0. The molecule has 1 aliphatic carbocycles. The van der Waals surface area contributed by atoms with E-state index in [1.807, 2.05) is 6.92 Å². The smallest absolute Gasteiger partial charge is 0.0106 e. The van der Waals surface area contributed by atoms with Crippen LogP contribution in [0.4, 0.5) is 0 Å². The van der Waals surface area contributed by atoms with E-state index < -0.39 is 0 Å². The van der Waals surface area contributed by atoms with Gasteiger partial charge in [0.1, 0.15) is 0 Å². The summed E-state index contributed by atoms with van der Waals surface area (Å²) >= 11 is 0. The van der Waals surface area contributed by atoms with Gasteiger partial charge in [0.2, 0.25) is 0 Å². The molecule has 0 aromatic heterocycles. The SMILES string of the molecule is C1CC1.CCN. The van der Waals surface area contributed by atoms with E-state index in [1.54, 1.807) is 0 Å². The second-order valence-corrected chi connectivity index (χ2v) is 1.47. The third-order valence-corrected chi connectivity index (χ3v) is 0.354. The maximum atomic E-state index is 4.85. The van der Waals surface area contributed by atoms with Crippen molar-refractivity contribution in [3.63, 3.8) is 0 Å². The van der Waals surface area contributed by atoms with Crippen molar-refractivity contribution in [1.82, 2.24) is 0 Å². The molecule has 0 aromatic rings. The van der Waals surface area contributed by atoms with Crippen LogP contribution in [-0.4, -0.2) is 6.54 Å². The zero-order chi connectivity index (χ0) is 4.83. The first-order valence-corrected chi connectivity index (χ1v) is 2.62. The lowest BCUT2D eigenvalue weighted by molar-refractivity contribution is 1.14. The average Bonchev–Trinajstić information content (AvgIpc) is 2.11. The van der Waals surface area contributed by atoms with Gasteiger partial charge in [0.25, 0.3) is 0 Å². The lowest BCUT2D eigenvalue weighted by Crippen LogP contribution is -1.87. The predicted octanol–water partition coefficient (Wildman–Crippen LogP) is 1.14. The van der Waals surface area contributed by atoms with Crippen LogP contribution in [0.2, 0.25) is 0 Å². The van der Waals surface area contributed by atoms with Crippen molar-refractivity contribution in [2.24, 2.45) is 5.73 Å². The summed E-state index contributed by atoms with van der Waals surface area (Å²) in [5, 5.41) is 0. The Morgan fingerprint density at radius 2 is 1.50 bits per heavy atom. The maximum absolute atomic E-state index is 4.85. The Morgan fingerprint density at radius 3 is 1.50 bits per heavy atom. The quantitative estimate of drug-likeness (QED) is 0.471. The van der Waals surface area contributed by atoms with Crippen molar-refractivity contribution in [1.29, 1.82) is 0 Å². The summed E-state index contributed by atoms with van der Waals surface area (Å²) in [6.07, 6.45) is 4.50. The van der Waals surface area contributed by atoms with Gasteiger partial charge in [-0.15, -0.1) is 0 Å². The summed E-state index contributed by atoms with van der Waals surface area (Å²) in [5.41, 5.74) is 4.85. The van der Waals surface area contributed by atoms with Crippen LogP contribution >= 0.6 is 0 Å². The minimum absolute atomic E-state index is 0.750. The van der Waals surface area contributed by atoms with Crippen molar-refractivity contribution in [2.45, 2.75) is 26.2 Å². The van der Waals surface area contributed by atoms with Gasteiger partial charge in [-0.25, -0.2) is 0 Å². The summed E-state index contributed by atoms with van der Waals surface area (Å²) in [6, 6.07) is 0. The zero-order valence-corrected chi connectivity index (χ0v) is 4.41. The molecule has 0 saturated heterocycles. The minimum atomic E-state index is 0.750. The molecule has 0 radical (unpaired) electrons. The van der Waals surface area contributed by atoms with Crippen molar-refractivity contribution < 1.29 is 0 Å². The predicted molar refractivity (Wildman–Crippen MR) is 28.6 cm³/mol. The molecule has 1 nitrogen and oxygen atoms in total. The van der Waals surface area contributed by atoms with Gasteiger partial charge in [0.15, 0.2) is 0 Å². The second-order valence-electron chi connectivity index (χ2n) is 1.47. The molecule has 1 aliphatic rings. The molecule has 0 aliphatic heterocycles. The summed E-state index contributed by atoms with van der Waals surface area (Å²) < 4.78 is 0. The molecule has 0 heterocycles. The Kier molecular flexibility index (Phi) is 4.93. The summed E-state index contributed by atoms with van der Waals surface area (Å²) in [6.45, 7) is 2.65. The number of hydrogen-bond donors (Lipinski definition) is 1. The summed E-state index contributed by atoms with van der Waals surface area (Å²) in [7, 11) is 0. The Balaban J connectivity index is 0.0000000833. The van der Waals surface area contributed by atoms with E-state index in [4.69, 9.17) is 5.73 Å². The monoisotopic (exact) mass is 87.1 g/mol. The van der Waals surface area contributed by atoms with Gasteiger partial charge in [0, 0.05) is 0 Å². The van der Waals surface area contributed by atoms with Crippen molar-refractivity contribution in [2.75, 3.05) is 6.54 Å². The van der Waals surface area contributed by atoms with E-state index in [1.165, 1.54) is 19.3 Å². The van der Waals surface area contributed by atoms with Gasteiger partial charge < -0.3 is 5.73 Å². The molecule has 0 bridgehead atoms. The van der Waals surface area contributed by atoms with Gasteiger partial charge >= 0.3 is 0 Å². The molecular formula is C5H13N. The van der Waals surface area contributed by atoms with Crippen LogP contribution in [0.1, 0.15) is 26.2 Å². The maximum Gasteiger partial charge on any atom is -0.0106 e. The molecule has 1 saturated carbocycles. The van der Waals surface area contributed by atoms with Crippen LogP contribution in [-0.2, 0) is 0 Å². The van der Waals surface area contributed by atoms with Crippen LogP contribution in [0.15, 0.2) is 0 Å². The third-order valence-electron chi connectivity index (χ3n) is 0.354. The molecule has 2 N–H and O–H groups in total. The molecule has 0 amide bonds. The van der Waals surface area contributed by atoms with Crippen molar-refractivity contribution >= 4 is 0 Å². The van der Waals surface area contributed by atoms with E-state index in [-0.39, 0.29) is 0 Å². The topological polar surface area (TPSA) is 26.0 Å². The first-order valence-electron chi connectivity index (χ1n) is 2.62. The zero-order valence-electron chi connectivity index (χ0n) is 4.41. The van der Waals surface area contributed by atoms with Crippen LogP contribution in [0.5, 0.6) is 0 Å². The lowest BCUT2D eigenvalue weighted by atomic mass is 10.8. The van der Waals surface area contributed by atoms with E-state index in [0.717, 1.165) is 6.54 Å². The van der Waals surface area contributed by atoms with Gasteiger partial charge in [-0.1, -0.05) is 26.2 Å². The third kappa shape index (κ3) is 37.6. The molecule has 6 heavy (non-hydrogen) atoms. The molecule has 1 rings (SSSR count). The Hall–Kier alpha value is -0.0400. The highest BCUT2D eigenvalue weighted by molar-refractivity contribution is 4.50. The van der Waals surface area contributed by atoms with E-state index in [0.29, 0.717) is 0 Å². The number of rotatable bonds is 0. The normalized spacial score (nSPS) is 15.0. The standard InChI is InChI=1S/C3H6.C2H7N/c1-2-3-1;1-2-3/h1-3H2;2-3H2,1H3. The molecule has 1 heteroatoms. The molecule has 0 atom stereocenters. The molecular weight excluding hydrogens is 74.1 g/mol. The number of hydrogen-bond acceptors (Lipinski definition) is 1. The molecule has 0 spiro atoms. The second kappa shape index (κ2) is 4.96.